The van der Waals surface area contributed by atoms with E-state index in [2.05, 4.69) is 10.6 Å². The monoisotopic (exact) mass is 353 g/mol. The van der Waals surface area contributed by atoms with E-state index in [0.717, 1.165) is 61.4 Å². The number of amides is 3. The van der Waals surface area contributed by atoms with Crippen molar-refractivity contribution < 1.29 is 9.59 Å². The van der Waals surface area contributed by atoms with Gasteiger partial charge in [0.15, 0.2) is 0 Å². The number of nitrogens with zero attached hydrogens (tertiary/aromatic N) is 1. The van der Waals surface area contributed by atoms with E-state index in [1.54, 1.807) is 0 Å². The molecular formula is C21H27N3O2. The Labute approximate surface area is 154 Å². The lowest BCUT2D eigenvalue weighted by Gasteiger charge is -2.56. The Kier molecular flexibility index (Phi) is 3.73. The van der Waals surface area contributed by atoms with Crippen molar-refractivity contribution in [3.8, 4) is 0 Å². The fourth-order valence-corrected chi connectivity index (χ4v) is 6.31. The summed E-state index contributed by atoms with van der Waals surface area (Å²) in [7, 11) is 0. The number of carbonyl (C=O) groups excluding carboxylic acids is 2. The van der Waals surface area contributed by atoms with Crippen LogP contribution in [-0.2, 0) is 4.79 Å². The van der Waals surface area contributed by atoms with Gasteiger partial charge in [-0.15, -0.1) is 0 Å². The van der Waals surface area contributed by atoms with E-state index in [9.17, 15) is 9.59 Å². The zero-order valence-corrected chi connectivity index (χ0v) is 15.2. The smallest absolute Gasteiger partial charge is 0.319 e. The number of rotatable bonds is 3. The summed E-state index contributed by atoms with van der Waals surface area (Å²) in [5.74, 6) is 2.64. The quantitative estimate of drug-likeness (QED) is 0.866. The molecule has 0 spiro atoms. The van der Waals surface area contributed by atoms with Gasteiger partial charge in [0.2, 0.25) is 5.91 Å². The predicted octanol–water partition coefficient (Wildman–Crippen LogP) is 3.90. The van der Waals surface area contributed by atoms with Crippen molar-refractivity contribution in [2.75, 3.05) is 16.8 Å². The molecule has 1 aromatic rings. The van der Waals surface area contributed by atoms with Crippen molar-refractivity contribution in [2.24, 2.45) is 17.8 Å². The van der Waals surface area contributed by atoms with Crippen LogP contribution in [0.25, 0.3) is 0 Å². The van der Waals surface area contributed by atoms with Crippen LogP contribution in [0.2, 0.25) is 0 Å². The van der Waals surface area contributed by atoms with Gasteiger partial charge in [-0.05, 0) is 87.0 Å². The standard InChI is InChI=1S/C21H27N3O2/c25-19-2-1-7-24(19)18-5-3-17(4-6-18)22-20(26)23-21-11-14-8-15(12-21)10-16(9-14)13-21/h3-6,14-16H,1-2,7-13H2,(H2,22,23,26). The lowest BCUT2D eigenvalue weighted by Crippen LogP contribution is -2.60. The topological polar surface area (TPSA) is 61.4 Å². The number of anilines is 2. The Hall–Kier alpha value is -2.04. The highest BCUT2D eigenvalue weighted by Crippen LogP contribution is 2.55. The van der Waals surface area contributed by atoms with E-state index in [-0.39, 0.29) is 17.5 Å². The Morgan fingerprint density at radius 2 is 1.62 bits per heavy atom. The molecule has 1 saturated heterocycles. The first kappa shape index (κ1) is 16.2. The van der Waals surface area contributed by atoms with E-state index >= 15 is 0 Å². The van der Waals surface area contributed by atoms with Crippen LogP contribution in [-0.4, -0.2) is 24.0 Å². The molecule has 26 heavy (non-hydrogen) atoms. The lowest BCUT2D eigenvalue weighted by molar-refractivity contribution is -0.117. The number of nitrogens with one attached hydrogen (secondary N) is 2. The summed E-state index contributed by atoms with van der Waals surface area (Å²) in [4.78, 5) is 26.3. The third-order valence-electron chi connectivity index (χ3n) is 6.93. The zero-order valence-electron chi connectivity index (χ0n) is 15.2. The normalized spacial score (nSPS) is 35.0. The maximum atomic E-state index is 12.6. The first-order valence-electron chi connectivity index (χ1n) is 10.1. The van der Waals surface area contributed by atoms with Gasteiger partial charge in [-0.3, -0.25) is 4.79 Å². The van der Waals surface area contributed by atoms with E-state index in [1.165, 1.54) is 19.3 Å². The van der Waals surface area contributed by atoms with Crippen LogP contribution >= 0.6 is 0 Å². The number of benzene rings is 1. The predicted molar refractivity (Wildman–Crippen MR) is 101 cm³/mol. The average Bonchev–Trinajstić information content (AvgIpc) is 2.99. The molecule has 1 aromatic carbocycles. The fraction of sp³-hybridized carbons (Fsp3) is 0.619. The number of carbonyl (C=O) groups is 2. The fourth-order valence-electron chi connectivity index (χ4n) is 6.31. The molecule has 4 saturated carbocycles. The van der Waals surface area contributed by atoms with Gasteiger partial charge < -0.3 is 15.5 Å². The molecule has 4 aliphatic carbocycles. The molecule has 5 aliphatic rings. The molecule has 0 unspecified atom stereocenters. The summed E-state index contributed by atoms with van der Waals surface area (Å²) in [6.07, 6.45) is 9.14. The Balaban J connectivity index is 1.23. The van der Waals surface area contributed by atoms with Crippen molar-refractivity contribution in [1.82, 2.24) is 5.32 Å². The van der Waals surface area contributed by atoms with Gasteiger partial charge in [-0.25, -0.2) is 4.79 Å². The van der Waals surface area contributed by atoms with E-state index in [0.29, 0.717) is 6.42 Å². The highest BCUT2D eigenvalue weighted by molar-refractivity contribution is 5.96. The Morgan fingerprint density at radius 3 is 2.15 bits per heavy atom. The molecule has 0 aromatic heterocycles. The Morgan fingerprint density at radius 1 is 1.00 bits per heavy atom. The van der Waals surface area contributed by atoms with Crippen molar-refractivity contribution >= 4 is 23.3 Å². The van der Waals surface area contributed by atoms with Crippen LogP contribution in [0.3, 0.4) is 0 Å². The molecular weight excluding hydrogens is 326 g/mol. The van der Waals surface area contributed by atoms with E-state index in [1.807, 2.05) is 29.2 Å². The summed E-state index contributed by atoms with van der Waals surface area (Å²) in [6, 6.07) is 7.53. The summed E-state index contributed by atoms with van der Waals surface area (Å²) < 4.78 is 0. The van der Waals surface area contributed by atoms with Gasteiger partial charge in [-0.1, -0.05) is 0 Å². The third kappa shape index (κ3) is 2.87. The molecule has 3 amide bonds. The minimum atomic E-state index is -0.0862. The van der Waals surface area contributed by atoms with Crippen molar-refractivity contribution in [1.29, 1.82) is 0 Å². The van der Waals surface area contributed by atoms with Crippen molar-refractivity contribution in [2.45, 2.75) is 56.9 Å². The van der Waals surface area contributed by atoms with Crippen molar-refractivity contribution in [3.63, 3.8) is 0 Å². The van der Waals surface area contributed by atoms with Gasteiger partial charge in [0.1, 0.15) is 0 Å². The van der Waals surface area contributed by atoms with Gasteiger partial charge in [0, 0.05) is 29.9 Å². The first-order chi connectivity index (χ1) is 12.6. The minimum absolute atomic E-state index is 0.0285. The number of hydrogen-bond donors (Lipinski definition) is 2. The lowest BCUT2D eigenvalue weighted by atomic mass is 9.53. The summed E-state index contributed by atoms with van der Waals surface area (Å²) in [6.45, 7) is 0.790. The van der Waals surface area contributed by atoms with Crippen LogP contribution in [0.5, 0.6) is 0 Å². The maximum absolute atomic E-state index is 12.6. The molecule has 4 bridgehead atoms. The van der Waals surface area contributed by atoms with Crippen LogP contribution in [0.15, 0.2) is 24.3 Å². The first-order valence-corrected chi connectivity index (χ1v) is 10.1. The average molecular weight is 353 g/mol. The molecule has 6 rings (SSSR count). The van der Waals surface area contributed by atoms with Gasteiger partial charge in [0.25, 0.3) is 0 Å². The molecule has 2 N–H and O–H groups in total. The largest absolute Gasteiger partial charge is 0.332 e. The van der Waals surface area contributed by atoms with Crippen LogP contribution < -0.4 is 15.5 Å². The van der Waals surface area contributed by atoms with Gasteiger partial charge >= 0.3 is 6.03 Å². The van der Waals surface area contributed by atoms with Gasteiger partial charge in [-0.2, -0.15) is 0 Å². The molecule has 5 nitrogen and oxygen atoms in total. The number of hydrogen-bond acceptors (Lipinski definition) is 2. The molecule has 0 atom stereocenters. The second-order valence-electron chi connectivity index (χ2n) is 8.97. The molecule has 138 valence electrons. The second-order valence-corrected chi connectivity index (χ2v) is 8.97. The van der Waals surface area contributed by atoms with E-state index < -0.39 is 0 Å². The van der Waals surface area contributed by atoms with Crippen molar-refractivity contribution in [3.05, 3.63) is 24.3 Å². The summed E-state index contributed by atoms with van der Waals surface area (Å²) in [5, 5.41) is 6.33. The molecule has 1 aliphatic heterocycles. The van der Waals surface area contributed by atoms with Crippen LogP contribution in [0, 0.1) is 17.8 Å². The minimum Gasteiger partial charge on any atom is -0.332 e. The summed E-state index contributed by atoms with van der Waals surface area (Å²) in [5.41, 5.74) is 1.72. The molecule has 5 fully saturated rings. The zero-order chi connectivity index (χ0) is 17.7. The molecule has 5 heteroatoms. The van der Waals surface area contributed by atoms with E-state index in [4.69, 9.17) is 0 Å². The number of urea groups is 1. The second kappa shape index (κ2) is 6.00. The van der Waals surface area contributed by atoms with Gasteiger partial charge in [0.05, 0.1) is 0 Å². The highest BCUT2D eigenvalue weighted by Gasteiger charge is 2.51. The third-order valence-corrected chi connectivity index (χ3v) is 6.93. The highest BCUT2D eigenvalue weighted by atomic mass is 16.2. The molecule has 0 radical (unpaired) electrons. The maximum Gasteiger partial charge on any atom is 0.319 e. The molecule has 1 heterocycles. The van der Waals surface area contributed by atoms with Crippen LogP contribution in [0.4, 0.5) is 16.2 Å². The SMILES string of the molecule is O=C(Nc1ccc(N2CCCC2=O)cc1)NC12CC3CC(CC(C3)C1)C2. The summed E-state index contributed by atoms with van der Waals surface area (Å²) >= 11 is 0. The Bertz CT molecular complexity index is 692. The van der Waals surface area contributed by atoms with Crippen LogP contribution in [0.1, 0.15) is 51.4 Å².